The van der Waals surface area contributed by atoms with Crippen molar-refractivity contribution < 1.29 is 23.0 Å². The minimum atomic E-state index is -0.621. The molecule has 2 aromatic carbocycles. The van der Waals surface area contributed by atoms with Crippen LogP contribution < -0.4 is 0 Å². The number of esters is 1. The zero-order valence-corrected chi connectivity index (χ0v) is 19.7. The van der Waals surface area contributed by atoms with Gasteiger partial charge in [-0.3, -0.25) is 4.90 Å². The first kappa shape index (κ1) is 22.4. The normalized spacial score (nSPS) is 23.3. The first-order valence-electron chi connectivity index (χ1n) is 12.3. The van der Waals surface area contributed by atoms with Crippen LogP contribution in [0, 0.1) is 11.6 Å². The number of fused-ring (bicyclic) bond motifs is 3. The predicted molar refractivity (Wildman–Crippen MR) is 129 cm³/mol. The number of nitrogens with zero attached hydrogens (tertiary/aromatic N) is 1. The van der Waals surface area contributed by atoms with E-state index in [4.69, 9.17) is 9.47 Å². The van der Waals surface area contributed by atoms with E-state index in [-0.39, 0.29) is 29.3 Å². The smallest absolute Gasteiger partial charge is 0.330 e. The van der Waals surface area contributed by atoms with E-state index in [1.165, 1.54) is 24.3 Å². The van der Waals surface area contributed by atoms with Gasteiger partial charge in [0.05, 0.1) is 19.3 Å². The molecule has 5 nitrogen and oxygen atoms in total. The summed E-state index contributed by atoms with van der Waals surface area (Å²) >= 11 is 0. The second kappa shape index (κ2) is 8.57. The Balaban J connectivity index is 1.49. The van der Waals surface area contributed by atoms with Gasteiger partial charge in [0.1, 0.15) is 11.6 Å². The molecule has 1 saturated carbocycles. The van der Waals surface area contributed by atoms with Gasteiger partial charge in [0, 0.05) is 46.4 Å². The SMILES string of the molecule is CCOC(=O)/C=C/c1cc(F)c(C2c3[nH]c4ccccc4c3CC3(CC3)N2C2CCOC2)c(F)c1. The van der Waals surface area contributed by atoms with Gasteiger partial charge in [-0.2, -0.15) is 0 Å². The Hall–Kier alpha value is -3.03. The highest BCUT2D eigenvalue weighted by Crippen LogP contribution is 2.57. The molecule has 2 unspecified atom stereocenters. The monoisotopic (exact) mass is 478 g/mol. The Morgan fingerprint density at radius 1 is 1.26 bits per heavy atom. The number of aromatic amines is 1. The third-order valence-corrected chi connectivity index (χ3v) is 7.65. The highest BCUT2D eigenvalue weighted by molar-refractivity contribution is 5.87. The molecule has 0 radical (unpaired) electrons. The highest BCUT2D eigenvalue weighted by atomic mass is 19.1. The van der Waals surface area contributed by atoms with Crippen molar-refractivity contribution in [2.75, 3.05) is 19.8 Å². The summed E-state index contributed by atoms with van der Waals surface area (Å²) in [5, 5.41) is 1.12. The molecule has 2 atom stereocenters. The van der Waals surface area contributed by atoms with E-state index in [1.54, 1.807) is 6.92 Å². The van der Waals surface area contributed by atoms with E-state index in [0.717, 1.165) is 47.8 Å². The fourth-order valence-electron chi connectivity index (χ4n) is 6.00. The summed E-state index contributed by atoms with van der Waals surface area (Å²) in [5.74, 6) is -1.79. The topological polar surface area (TPSA) is 54.6 Å². The van der Waals surface area contributed by atoms with E-state index < -0.39 is 23.6 Å². The number of para-hydroxylation sites is 1. The molecular formula is C28H28F2N2O3. The zero-order chi connectivity index (χ0) is 24.2. The molecule has 3 aromatic rings. The van der Waals surface area contributed by atoms with Crippen LogP contribution in [0.25, 0.3) is 17.0 Å². The van der Waals surface area contributed by atoms with Crippen molar-refractivity contribution in [2.45, 2.75) is 50.2 Å². The van der Waals surface area contributed by atoms with Crippen LogP contribution in [-0.4, -0.2) is 47.3 Å². The van der Waals surface area contributed by atoms with Crippen molar-refractivity contribution in [1.29, 1.82) is 0 Å². The van der Waals surface area contributed by atoms with E-state index in [2.05, 4.69) is 16.0 Å². The number of ether oxygens (including phenoxy) is 2. The Bertz CT molecular complexity index is 1300. The summed E-state index contributed by atoms with van der Waals surface area (Å²) in [6.07, 6.45) is 6.29. The quantitative estimate of drug-likeness (QED) is 0.400. The molecule has 182 valence electrons. The van der Waals surface area contributed by atoms with Gasteiger partial charge in [-0.05, 0) is 68.0 Å². The van der Waals surface area contributed by atoms with Crippen molar-refractivity contribution in [1.82, 2.24) is 9.88 Å². The van der Waals surface area contributed by atoms with Crippen LogP contribution in [0.1, 0.15) is 54.6 Å². The van der Waals surface area contributed by atoms with Crippen LogP contribution in [0.3, 0.4) is 0 Å². The van der Waals surface area contributed by atoms with Crippen molar-refractivity contribution in [3.8, 4) is 0 Å². The summed E-state index contributed by atoms with van der Waals surface area (Å²) in [7, 11) is 0. The van der Waals surface area contributed by atoms with Gasteiger partial charge in [0.2, 0.25) is 0 Å². The molecule has 35 heavy (non-hydrogen) atoms. The minimum Gasteiger partial charge on any atom is -0.463 e. The molecule has 2 fully saturated rings. The van der Waals surface area contributed by atoms with Gasteiger partial charge >= 0.3 is 5.97 Å². The standard InChI is InChI=1S/C28H28F2N2O3/c1-2-35-24(33)8-7-17-13-21(29)25(22(30)14-17)27-26-20(19-5-3-4-6-23(19)31-26)15-28(10-11-28)32(27)18-9-12-34-16-18/h3-8,13-14,18,27,31H,2,9-12,15-16H2,1H3/b8-7+. The maximum absolute atomic E-state index is 15.8. The number of H-pyrrole nitrogens is 1. The van der Waals surface area contributed by atoms with Gasteiger partial charge in [-0.15, -0.1) is 0 Å². The number of rotatable bonds is 5. The molecule has 6 rings (SSSR count). The Kier molecular flexibility index (Phi) is 5.49. The maximum Gasteiger partial charge on any atom is 0.330 e. The van der Waals surface area contributed by atoms with Gasteiger partial charge < -0.3 is 14.5 Å². The predicted octanol–water partition coefficient (Wildman–Crippen LogP) is 5.29. The summed E-state index contributed by atoms with van der Waals surface area (Å²) in [6.45, 7) is 3.17. The van der Waals surface area contributed by atoms with Crippen molar-refractivity contribution in [3.63, 3.8) is 0 Å². The summed E-state index contributed by atoms with van der Waals surface area (Å²) in [6, 6.07) is 10.2. The van der Waals surface area contributed by atoms with E-state index in [9.17, 15) is 4.79 Å². The Morgan fingerprint density at radius 2 is 2.03 bits per heavy atom. The average molecular weight is 479 g/mol. The van der Waals surface area contributed by atoms with Gasteiger partial charge in [-0.25, -0.2) is 13.6 Å². The number of aromatic nitrogens is 1. The largest absolute Gasteiger partial charge is 0.463 e. The minimum absolute atomic E-state index is 0.0453. The fraction of sp³-hybridized carbons (Fsp3) is 0.393. The van der Waals surface area contributed by atoms with Crippen molar-refractivity contribution in [2.24, 2.45) is 0 Å². The third-order valence-electron chi connectivity index (χ3n) is 7.65. The van der Waals surface area contributed by atoms with Crippen LogP contribution in [0.5, 0.6) is 0 Å². The molecule has 1 aromatic heterocycles. The maximum atomic E-state index is 15.8. The molecule has 1 N–H and O–H groups in total. The second-order valence-electron chi connectivity index (χ2n) is 9.77. The lowest BCUT2D eigenvalue weighted by atomic mass is 9.84. The van der Waals surface area contributed by atoms with Gasteiger partial charge in [-0.1, -0.05) is 18.2 Å². The van der Waals surface area contributed by atoms with E-state index >= 15 is 8.78 Å². The molecule has 1 spiro atoms. The van der Waals surface area contributed by atoms with E-state index in [1.807, 2.05) is 18.2 Å². The summed E-state index contributed by atoms with van der Waals surface area (Å²) < 4.78 is 42.2. The lowest BCUT2D eigenvalue weighted by Crippen LogP contribution is -2.52. The lowest BCUT2D eigenvalue weighted by Gasteiger charge is -2.46. The molecule has 0 amide bonds. The molecule has 1 saturated heterocycles. The molecule has 2 aliphatic heterocycles. The highest BCUT2D eigenvalue weighted by Gasteiger charge is 2.58. The number of carbonyl (C=O) groups is 1. The summed E-state index contributed by atoms with van der Waals surface area (Å²) in [5.41, 5.74) is 3.22. The van der Waals surface area contributed by atoms with Crippen LogP contribution in [0.2, 0.25) is 0 Å². The van der Waals surface area contributed by atoms with E-state index in [0.29, 0.717) is 13.2 Å². The number of halogens is 2. The number of carbonyl (C=O) groups excluding carboxylic acids is 1. The van der Waals surface area contributed by atoms with Crippen LogP contribution in [0.4, 0.5) is 8.78 Å². The molecule has 1 aliphatic carbocycles. The van der Waals surface area contributed by atoms with Crippen LogP contribution >= 0.6 is 0 Å². The Labute approximate surface area is 202 Å². The van der Waals surface area contributed by atoms with Crippen LogP contribution in [0.15, 0.2) is 42.5 Å². The average Bonchev–Trinajstić information content (AvgIpc) is 3.23. The second-order valence-corrected chi connectivity index (χ2v) is 9.77. The van der Waals surface area contributed by atoms with Gasteiger partial charge in [0.15, 0.2) is 0 Å². The zero-order valence-electron chi connectivity index (χ0n) is 19.7. The fourth-order valence-corrected chi connectivity index (χ4v) is 6.00. The number of benzene rings is 2. The molecule has 3 aliphatic rings. The lowest BCUT2D eigenvalue weighted by molar-refractivity contribution is -0.137. The number of hydrogen-bond donors (Lipinski definition) is 1. The molecule has 0 bridgehead atoms. The first-order chi connectivity index (χ1) is 17.0. The van der Waals surface area contributed by atoms with Gasteiger partial charge in [0.25, 0.3) is 0 Å². The Morgan fingerprint density at radius 3 is 2.71 bits per heavy atom. The first-order valence-corrected chi connectivity index (χ1v) is 12.3. The van der Waals surface area contributed by atoms with Crippen molar-refractivity contribution in [3.05, 3.63) is 76.5 Å². The van der Waals surface area contributed by atoms with Crippen LogP contribution in [-0.2, 0) is 20.7 Å². The molecular weight excluding hydrogens is 450 g/mol. The van der Waals surface area contributed by atoms with Crippen molar-refractivity contribution >= 4 is 22.9 Å². The molecule has 3 heterocycles. The number of hydrogen-bond acceptors (Lipinski definition) is 4. The summed E-state index contributed by atoms with van der Waals surface area (Å²) in [4.78, 5) is 17.5. The molecule has 7 heteroatoms. The third kappa shape index (κ3) is 3.78. The number of nitrogens with one attached hydrogen (secondary N) is 1.